The van der Waals surface area contributed by atoms with Crippen molar-refractivity contribution in [1.82, 2.24) is 0 Å². The van der Waals surface area contributed by atoms with Gasteiger partial charge in [-0.05, 0) is 60.7 Å². The molecule has 1 aliphatic heterocycles. The molecule has 0 bridgehead atoms. The molecule has 3 aromatic carbocycles. The van der Waals surface area contributed by atoms with Crippen molar-refractivity contribution in [3.63, 3.8) is 0 Å². The molecule has 6 nitrogen and oxygen atoms in total. The summed E-state index contributed by atoms with van der Waals surface area (Å²) in [5.41, 5.74) is 2.90. The first kappa shape index (κ1) is 22.0. The third-order valence-electron chi connectivity index (χ3n) is 5.42. The van der Waals surface area contributed by atoms with Gasteiger partial charge in [-0.1, -0.05) is 30.3 Å². The summed E-state index contributed by atoms with van der Waals surface area (Å²) >= 11 is 0. The van der Waals surface area contributed by atoms with Crippen LogP contribution < -0.4 is 14.2 Å². The SMILES string of the molecule is COc1ccc(C2OCCCO2)cc1Oc1ccc(CCc2cccc(OC)c2O)cc1. The molecule has 0 aromatic heterocycles. The Balaban J connectivity index is 1.43. The minimum atomic E-state index is -0.382. The molecule has 0 amide bonds. The number of methoxy groups -OCH3 is 2. The molecule has 32 heavy (non-hydrogen) atoms. The Morgan fingerprint density at radius 2 is 1.59 bits per heavy atom. The molecule has 3 aromatic rings. The minimum absolute atomic E-state index is 0.202. The molecular formula is C26H28O6. The van der Waals surface area contributed by atoms with Crippen LogP contribution in [0.3, 0.4) is 0 Å². The fourth-order valence-electron chi connectivity index (χ4n) is 3.66. The lowest BCUT2D eigenvalue weighted by Crippen LogP contribution is -2.17. The Bertz CT molecular complexity index is 1020. The van der Waals surface area contributed by atoms with Gasteiger partial charge < -0.3 is 28.8 Å². The number of aromatic hydroxyl groups is 1. The summed E-state index contributed by atoms with van der Waals surface area (Å²) in [7, 11) is 3.17. The lowest BCUT2D eigenvalue weighted by atomic mass is 10.0. The summed E-state index contributed by atoms with van der Waals surface area (Å²) in [6.07, 6.45) is 2.02. The molecule has 0 saturated carbocycles. The zero-order valence-electron chi connectivity index (χ0n) is 18.4. The van der Waals surface area contributed by atoms with Gasteiger partial charge in [0.1, 0.15) is 5.75 Å². The molecule has 1 saturated heterocycles. The van der Waals surface area contributed by atoms with E-state index in [0.29, 0.717) is 42.6 Å². The van der Waals surface area contributed by atoms with Crippen molar-refractivity contribution in [3.8, 4) is 28.7 Å². The zero-order chi connectivity index (χ0) is 22.3. The molecule has 0 radical (unpaired) electrons. The quantitative estimate of drug-likeness (QED) is 0.508. The highest BCUT2D eigenvalue weighted by molar-refractivity contribution is 5.47. The third-order valence-corrected chi connectivity index (χ3v) is 5.42. The van der Waals surface area contributed by atoms with Gasteiger partial charge in [0, 0.05) is 5.56 Å². The number of para-hydroxylation sites is 1. The maximum absolute atomic E-state index is 10.3. The predicted molar refractivity (Wildman–Crippen MR) is 121 cm³/mol. The van der Waals surface area contributed by atoms with Crippen LogP contribution in [0.2, 0.25) is 0 Å². The van der Waals surface area contributed by atoms with Crippen molar-refractivity contribution in [1.29, 1.82) is 0 Å². The van der Waals surface area contributed by atoms with Crippen LogP contribution in [0.15, 0.2) is 60.7 Å². The molecule has 0 aliphatic carbocycles. The number of rotatable bonds is 8. The van der Waals surface area contributed by atoms with Crippen LogP contribution in [0.4, 0.5) is 0 Å². The molecular weight excluding hydrogens is 408 g/mol. The standard InChI is InChI=1S/C26H28O6/c1-28-22-14-11-20(26-30-15-4-16-31-26)17-24(22)32-21-12-8-18(9-13-21)7-10-19-5-3-6-23(29-2)25(19)27/h3,5-6,8-9,11-14,17,26-27H,4,7,10,15-16H2,1-2H3. The van der Waals surface area contributed by atoms with E-state index in [4.69, 9.17) is 23.7 Å². The van der Waals surface area contributed by atoms with Gasteiger partial charge in [0.25, 0.3) is 0 Å². The van der Waals surface area contributed by atoms with E-state index in [9.17, 15) is 5.11 Å². The smallest absolute Gasteiger partial charge is 0.183 e. The van der Waals surface area contributed by atoms with Crippen LogP contribution >= 0.6 is 0 Å². The summed E-state index contributed by atoms with van der Waals surface area (Å²) in [6.45, 7) is 1.36. The van der Waals surface area contributed by atoms with Gasteiger partial charge in [-0.15, -0.1) is 0 Å². The first-order chi connectivity index (χ1) is 15.7. The van der Waals surface area contributed by atoms with E-state index in [-0.39, 0.29) is 12.0 Å². The Morgan fingerprint density at radius 1 is 0.844 bits per heavy atom. The minimum Gasteiger partial charge on any atom is -0.504 e. The van der Waals surface area contributed by atoms with Gasteiger partial charge in [0.15, 0.2) is 29.3 Å². The van der Waals surface area contributed by atoms with Crippen LogP contribution in [0.1, 0.15) is 29.4 Å². The number of aryl methyl sites for hydroxylation is 2. The second kappa shape index (κ2) is 10.4. The van der Waals surface area contributed by atoms with Crippen molar-refractivity contribution in [2.45, 2.75) is 25.6 Å². The van der Waals surface area contributed by atoms with E-state index < -0.39 is 0 Å². The molecule has 4 rings (SSSR count). The maximum Gasteiger partial charge on any atom is 0.183 e. The summed E-state index contributed by atoms with van der Waals surface area (Å²) in [4.78, 5) is 0. The van der Waals surface area contributed by atoms with Gasteiger partial charge in [-0.2, -0.15) is 0 Å². The van der Waals surface area contributed by atoms with Gasteiger partial charge in [-0.25, -0.2) is 0 Å². The Labute approximate surface area is 188 Å². The lowest BCUT2D eigenvalue weighted by Gasteiger charge is -2.24. The molecule has 0 atom stereocenters. The lowest BCUT2D eigenvalue weighted by molar-refractivity contribution is -0.183. The number of ether oxygens (including phenoxy) is 5. The molecule has 0 spiro atoms. The first-order valence-corrected chi connectivity index (χ1v) is 10.7. The van der Waals surface area contributed by atoms with E-state index in [0.717, 1.165) is 29.5 Å². The Morgan fingerprint density at radius 3 is 2.31 bits per heavy atom. The maximum atomic E-state index is 10.3. The van der Waals surface area contributed by atoms with Crippen LogP contribution in [-0.2, 0) is 22.3 Å². The highest BCUT2D eigenvalue weighted by Gasteiger charge is 2.19. The molecule has 1 N–H and O–H groups in total. The second-order valence-electron chi connectivity index (χ2n) is 7.55. The molecule has 1 heterocycles. The average molecular weight is 437 g/mol. The monoisotopic (exact) mass is 436 g/mol. The Kier molecular flexibility index (Phi) is 7.14. The predicted octanol–water partition coefficient (Wildman–Crippen LogP) is 5.42. The molecule has 1 fully saturated rings. The molecule has 168 valence electrons. The first-order valence-electron chi connectivity index (χ1n) is 10.7. The van der Waals surface area contributed by atoms with Gasteiger partial charge >= 0.3 is 0 Å². The van der Waals surface area contributed by atoms with Crippen LogP contribution in [-0.4, -0.2) is 32.5 Å². The summed E-state index contributed by atoms with van der Waals surface area (Å²) < 4.78 is 28.2. The van der Waals surface area contributed by atoms with Crippen LogP contribution in [0, 0.1) is 0 Å². The van der Waals surface area contributed by atoms with Crippen LogP contribution in [0.5, 0.6) is 28.7 Å². The zero-order valence-corrected chi connectivity index (χ0v) is 18.4. The van der Waals surface area contributed by atoms with Gasteiger partial charge in [0.2, 0.25) is 0 Å². The highest BCUT2D eigenvalue weighted by Crippen LogP contribution is 2.36. The second-order valence-corrected chi connectivity index (χ2v) is 7.55. The van der Waals surface area contributed by atoms with E-state index in [1.165, 1.54) is 0 Å². The van der Waals surface area contributed by atoms with E-state index >= 15 is 0 Å². The summed E-state index contributed by atoms with van der Waals surface area (Å²) in [5.74, 6) is 2.65. The fourth-order valence-corrected chi connectivity index (χ4v) is 3.66. The van der Waals surface area contributed by atoms with Crippen molar-refractivity contribution in [2.24, 2.45) is 0 Å². The van der Waals surface area contributed by atoms with Crippen molar-refractivity contribution in [2.75, 3.05) is 27.4 Å². The number of phenols is 1. The summed E-state index contributed by atoms with van der Waals surface area (Å²) in [6, 6.07) is 19.1. The number of hydrogen-bond donors (Lipinski definition) is 1. The van der Waals surface area contributed by atoms with Gasteiger partial charge in [-0.3, -0.25) is 0 Å². The number of benzene rings is 3. The largest absolute Gasteiger partial charge is 0.504 e. The topological polar surface area (TPSA) is 66.4 Å². The molecule has 1 aliphatic rings. The van der Waals surface area contributed by atoms with Crippen molar-refractivity contribution < 1.29 is 28.8 Å². The Hall–Kier alpha value is -3.22. The number of hydrogen-bond acceptors (Lipinski definition) is 6. The molecule has 0 unspecified atom stereocenters. The highest BCUT2D eigenvalue weighted by atomic mass is 16.7. The van der Waals surface area contributed by atoms with Crippen molar-refractivity contribution >= 4 is 0 Å². The van der Waals surface area contributed by atoms with Gasteiger partial charge in [0.05, 0.1) is 27.4 Å². The van der Waals surface area contributed by atoms with E-state index in [1.807, 2.05) is 54.6 Å². The number of phenolic OH excluding ortho intramolecular Hbond substituents is 1. The van der Waals surface area contributed by atoms with E-state index in [2.05, 4.69) is 0 Å². The fraction of sp³-hybridized carbons (Fsp3) is 0.308. The average Bonchev–Trinajstić information content (AvgIpc) is 2.85. The van der Waals surface area contributed by atoms with E-state index in [1.54, 1.807) is 20.3 Å². The van der Waals surface area contributed by atoms with Crippen molar-refractivity contribution in [3.05, 3.63) is 77.4 Å². The molecule has 6 heteroatoms. The van der Waals surface area contributed by atoms with Crippen LogP contribution in [0.25, 0.3) is 0 Å². The normalized spacial score (nSPS) is 14.2. The third kappa shape index (κ3) is 5.15. The summed E-state index contributed by atoms with van der Waals surface area (Å²) in [5, 5.41) is 10.3.